The molecule has 6 heteroatoms. The standard InChI is InChI=1S/C14H19F3N2O/c15-14(16,17)10-20-13-3-1-12(2-4-13)19-9-11-5-7-18-8-6-11/h1-4,11,18-19H,5-10H2. The van der Waals surface area contributed by atoms with Crippen LogP contribution < -0.4 is 15.4 Å². The molecule has 0 spiro atoms. The van der Waals surface area contributed by atoms with Gasteiger partial charge in [-0.15, -0.1) is 0 Å². The number of alkyl halides is 3. The second-order valence-corrected chi connectivity index (χ2v) is 5.00. The van der Waals surface area contributed by atoms with Crippen molar-refractivity contribution in [2.75, 3.05) is 31.6 Å². The Morgan fingerprint density at radius 1 is 1.15 bits per heavy atom. The second-order valence-electron chi connectivity index (χ2n) is 5.00. The third-order valence-corrected chi connectivity index (χ3v) is 3.31. The number of anilines is 1. The summed E-state index contributed by atoms with van der Waals surface area (Å²) in [6, 6.07) is 6.59. The van der Waals surface area contributed by atoms with E-state index in [9.17, 15) is 13.2 Å². The molecule has 0 aliphatic carbocycles. The Balaban J connectivity index is 1.76. The first kappa shape index (κ1) is 15.0. The lowest BCUT2D eigenvalue weighted by molar-refractivity contribution is -0.153. The van der Waals surface area contributed by atoms with E-state index in [0.29, 0.717) is 5.92 Å². The normalized spacial score (nSPS) is 16.9. The minimum absolute atomic E-state index is 0.231. The number of ether oxygens (including phenoxy) is 1. The molecule has 1 aromatic rings. The predicted octanol–water partition coefficient (Wildman–Crippen LogP) is 3.04. The van der Waals surface area contributed by atoms with E-state index in [1.807, 2.05) is 0 Å². The number of halogens is 3. The molecule has 1 aliphatic heterocycles. The fourth-order valence-electron chi connectivity index (χ4n) is 2.18. The highest BCUT2D eigenvalue weighted by atomic mass is 19.4. The van der Waals surface area contributed by atoms with Crippen molar-refractivity contribution >= 4 is 5.69 Å². The highest BCUT2D eigenvalue weighted by Gasteiger charge is 2.28. The summed E-state index contributed by atoms with van der Waals surface area (Å²) in [7, 11) is 0. The Labute approximate surface area is 116 Å². The van der Waals surface area contributed by atoms with Crippen LogP contribution in [-0.2, 0) is 0 Å². The van der Waals surface area contributed by atoms with Gasteiger partial charge in [-0.2, -0.15) is 13.2 Å². The Hall–Kier alpha value is -1.43. The fourth-order valence-corrected chi connectivity index (χ4v) is 2.18. The van der Waals surface area contributed by atoms with Crippen molar-refractivity contribution < 1.29 is 17.9 Å². The van der Waals surface area contributed by atoms with Crippen LogP contribution in [0.2, 0.25) is 0 Å². The van der Waals surface area contributed by atoms with Gasteiger partial charge in [0.25, 0.3) is 0 Å². The molecule has 0 bridgehead atoms. The molecule has 0 amide bonds. The van der Waals surface area contributed by atoms with Crippen LogP contribution in [0.1, 0.15) is 12.8 Å². The van der Waals surface area contributed by atoms with E-state index in [0.717, 1.165) is 38.2 Å². The lowest BCUT2D eigenvalue weighted by atomic mass is 9.98. The third kappa shape index (κ3) is 5.28. The molecule has 1 aliphatic rings. The maximum atomic E-state index is 12.0. The van der Waals surface area contributed by atoms with Gasteiger partial charge in [-0.25, -0.2) is 0 Å². The zero-order valence-corrected chi connectivity index (χ0v) is 11.2. The molecule has 1 heterocycles. The maximum Gasteiger partial charge on any atom is 0.422 e. The van der Waals surface area contributed by atoms with Gasteiger partial charge in [0.15, 0.2) is 6.61 Å². The van der Waals surface area contributed by atoms with Crippen molar-refractivity contribution in [1.82, 2.24) is 5.32 Å². The summed E-state index contributed by atoms with van der Waals surface area (Å²) >= 11 is 0. The van der Waals surface area contributed by atoms with Gasteiger partial charge in [0.05, 0.1) is 0 Å². The van der Waals surface area contributed by atoms with Crippen LogP contribution in [0.4, 0.5) is 18.9 Å². The van der Waals surface area contributed by atoms with E-state index >= 15 is 0 Å². The summed E-state index contributed by atoms with van der Waals surface area (Å²) in [5.41, 5.74) is 0.905. The number of hydrogen-bond donors (Lipinski definition) is 2. The Bertz CT molecular complexity index is 400. The Morgan fingerprint density at radius 3 is 2.40 bits per heavy atom. The van der Waals surface area contributed by atoms with Crippen LogP contribution in [0, 0.1) is 5.92 Å². The number of hydrogen-bond acceptors (Lipinski definition) is 3. The third-order valence-electron chi connectivity index (χ3n) is 3.31. The molecule has 1 saturated heterocycles. The maximum absolute atomic E-state index is 12.0. The predicted molar refractivity (Wildman–Crippen MR) is 72.1 cm³/mol. The van der Waals surface area contributed by atoms with Crippen molar-refractivity contribution in [3.8, 4) is 5.75 Å². The van der Waals surface area contributed by atoms with Crippen LogP contribution in [-0.4, -0.2) is 32.4 Å². The van der Waals surface area contributed by atoms with Crippen molar-refractivity contribution in [1.29, 1.82) is 0 Å². The van der Waals surface area contributed by atoms with Gasteiger partial charge < -0.3 is 15.4 Å². The van der Waals surface area contributed by atoms with Crippen LogP contribution >= 0.6 is 0 Å². The van der Waals surface area contributed by atoms with Crippen LogP contribution in [0.15, 0.2) is 24.3 Å². The van der Waals surface area contributed by atoms with E-state index in [4.69, 9.17) is 0 Å². The largest absolute Gasteiger partial charge is 0.484 e. The monoisotopic (exact) mass is 288 g/mol. The Kier molecular flexibility index (Phi) is 5.11. The van der Waals surface area contributed by atoms with Crippen LogP contribution in [0.5, 0.6) is 5.75 Å². The molecule has 1 fully saturated rings. The van der Waals surface area contributed by atoms with Crippen molar-refractivity contribution in [3.63, 3.8) is 0 Å². The van der Waals surface area contributed by atoms with E-state index in [1.165, 1.54) is 0 Å². The fraction of sp³-hybridized carbons (Fsp3) is 0.571. The average molecular weight is 288 g/mol. The molecule has 1 aromatic carbocycles. The minimum Gasteiger partial charge on any atom is -0.484 e. The Morgan fingerprint density at radius 2 is 1.80 bits per heavy atom. The SMILES string of the molecule is FC(F)(F)COc1ccc(NCC2CCNCC2)cc1. The van der Waals surface area contributed by atoms with E-state index < -0.39 is 12.8 Å². The lowest BCUT2D eigenvalue weighted by Gasteiger charge is -2.23. The van der Waals surface area contributed by atoms with E-state index in [1.54, 1.807) is 24.3 Å². The van der Waals surface area contributed by atoms with Gasteiger partial charge in [-0.1, -0.05) is 0 Å². The summed E-state index contributed by atoms with van der Waals surface area (Å²) in [6.07, 6.45) is -1.99. The van der Waals surface area contributed by atoms with Gasteiger partial charge in [0.1, 0.15) is 5.75 Å². The summed E-state index contributed by atoms with van der Waals surface area (Å²) in [5, 5.41) is 6.62. The first-order valence-corrected chi connectivity index (χ1v) is 6.77. The number of nitrogens with one attached hydrogen (secondary N) is 2. The van der Waals surface area contributed by atoms with Gasteiger partial charge >= 0.3 is 6.18 Å². The van der Waals surface area contributed by atoms with Crippen LogP contribution in [0.3, 0.4) is 0 Å². The molecule has 0 unspecified atom stereocenters. The summed E-state index contributed by atoms with van der Waals surface area (Å²) < 4.78 is 40.7. The van der Waals surface area contributed by atoms with Crippen LogP contribution in [0.25, 0.3) is 0 Å². The summed E-state index contributed by atoms with van der Waals surface area (Å²) in [5.74, 6) is 0.882. The van der Waals surface area contributed by atoms with Gasteiger partial charge in [0, 0.05) is 12.2 Å². The van der Waals surface area contributed by atoms with E-state index in [2.05, 4.69) is 15.4 Å². The molecular weight excluding hydrogens is 269 g/mol. The molecule has 20 heavy (non-hydrogen) atoms. The zero-order chi connectivity index (χ0) is 14.4. The minimum atomic E-state index is -4.30. The topological polar surface area (TPSA) is 33.3 Å². The molecular formula is C14H19F3N2O. The molecule has 2 rings (SSSR count). The summed E-state index contributed by atoms with van der Waals surface area (Å²) in [6.45, 7) is 1.74. The number of piperidine rings is 1. The van der Waals surface area contributed by atoms with E-state index in [-0.39, 0.29) is 5.75 Å². The van der Waals surface area contributed by atoms with Gasteiger partial charge in [-0.3, -0.25) is 0 Å². The average Bonchev–Trinajstić information content (AvgIpc) is 2.44. The highest BCUT2D eigenvalue weighted by molar-refractivity contribution is 5.46. The lowest BCUT2D eigenvalue weighted by Crippen LogP contribution is -2.31. The quantitative estimate of drug-likeness (QED) is 0.873. The first-order chi connectivity index (χ1) is 9.53. The van der Waals surface area contributed by atoms with Crippen molar-refractivity contribution in [2.24, 2.45) is 5.92 Å². The van der Waals surface area contributed by atoms with Gasteiger partial charge in [0.2, 0.25) is 0 Å². The van der Waals surface area contributed by atoms with Crippen molar-refractivity contribution in [2.45, 2.75) is 19.0 Å². The molecule has 0 aromatic heterocycles. The molecule has 112 valence electrons. The number of benzene rings is 1. The smallest absolute Gasteiger partial charge is 0.422 e. The number of rotatable bonds is 5. The molecule has 3 nitrogen and oxygen atoms in total. The second kappa shape index (κ2) is 6.83. The highest BCUT2D eigenvalue weighted by Crippen LogP contribution is 2.21. The molecule has 0 radical (unpaired) electrons. The van der Waals surface area contributed by atoms with Crippen molar-refractivity contribution in [3.05, 3.63) is 24.3 Å². The first-order valence-electron chi connectivity index (χ1n) is 6.77. The molecule has 2 N–H and O–H groups in total. The molecule has 0 saturated carbocycles. The zero-order valence-electron chi connectivity index (χ0n) is 11.2. The molecule has 0 atom stereocenters. The van der Waals surface area contributed by atoms with Gasteiger partial charge in [-0.05, 0) is 56.1 Å². The summed E-state index contributed by atoms with van der Waals surface area (Å²) in [4.78, 5) is 0.